The number of benzene rings is 1. The van der Waals surface area contributed by atoms with Crippen LogP contribution in [0.15, 0.2) is 24.3 Å². The van der Waals surface area contributed by atoms with E-state index in [2.05, 4.69) is 58.1 Å². The Kier molecular flexibility index (Phi) is 4.21. The Hall–Kier alpha value is -0.933. The summed E-state index contributed by atoms with van der Waals surface area (Å²) in [6, 6.07) is 8.46. The number of hydrogen-bond acceptors (Lipinski definition) is 2. The fourth-order valence-corrected chi connectivity index (χ4v) is 4.06. The molecule has 2 nitrogen and oxygen atoms in total. The van der Waals surface area contributed by atoms with Gasteiger partial charge in [-0.1, -0.05) is 45.0 Å². The molecule has 0 spiro atoms. The topological polar surface area (TPSA) is 26.3 Å². The van der Waals surface area contributed by atoms with Gasteiger partial charge in [0.05, 0.1) is 6.10 Å². The predicted molar refractivity (Wildman–Crippen MR) is 85.6 cm³/mol. The van der Waals surface area contributed by atoms with E-state index in [1.807, 2.05) is 0 Å². The third kappa shape index (κ3) is 2.89. The monoisotopic (exact) mass is 290 g/mol. The number of rotatable bonds is 4. The summed E-state index contributed by atoms with van der Waals surface area (Å²) in [5.41, 5.74) is 2.66. The summed E-state index contributed by atoms with van der Waals surface area (Å²) in [4.78, 5) is 11.0. The van der Waals surface area contributed by atoms with E-state index in [1.165, 1.54) is 11.1 Å². The predicted octanol–water partition coefficient (Wildman–Crippen LogP) is 4.31. The van der Waals surface area contributed by atoms with Crippen LogP contribution in [0.5, 0.6) is 0 Å². The molecule has 1 aliphatic rings. The zero-order valence-electron chi connectivity index (χ0n) is 13.3. The lowest BCUT2D eigenvalue weighted by Crippen LogP contribution is -2.45. The van der Waals surface area contributed by atoms with E-state index < -0.39 is 8.32 Å². The molecular weight excluding hydrogens is 264 g/mol. The van der Waals surface area contributed by atoms with Gasteiger partial charge in [0.25, 0.3) is 0 Å². The van der Waals surface area contributed by atoms with Gasteiger partial charge in [0, 0.05) is 12.3 Å². The Bertz CT molecular complexity index is 488. The van der Waals surface area contributed by atoms with E-state index in [1.54, 1.807) is 0 Å². The minimum absolute atomic E-state index is 0.165. The standard InChI is InChI=1S/C17H26O2Si/c1-17(2,3)20(4,5)19-16-12-13-8-6-7-9-14(13)15(16)10-11-18/h6-9,11,15-16H,10,12H2,1-5H3/t15-,16+/m0/s1. The smallest absolute Gasteiger partial charge is 0.192 e. The lowest BCUT2D eigenvalue weighted by Gasteiger charge is -2.39. The van der Waals surface area contributed by atoms with E-state index in [4.69, 9.17) is 4.43 Å². The summed E-state index contributed by atoms with van der Waals surface area (Å²) >= 11 is 0. The highest BCUT2D eigenvalue weighted by atomic mass is 28.4. The molecule has 110 valence electrons. The number of aldehydes is 1. The summed E-state index contributed by atoms with van der Waals surface area (Å²) in [5.74, 6) is 0.234. The average molecular weight is 290 g/mol. The molecule has 0 unspecified atom stereocenters. The molecule has 0 N–H and O–H groups in total. The van der Waals surface area contributed by atoms with Crippen LogP contribution in [0.3, 0.4) is 0 Å². The highest BCUT2D eigenvalue weighted by Crippen LogP contribution is 2.43. The molecule has 0 amide bonds. The zero-order chi connectivity index (χ0) is 15.0. The Morgan fingerprint density at radius 2 is 1.95 bits per heavy atom. The zero-order valence-corrected chi connectivity index (χ0v) is 14.3. The number of hydrogen-bond donors (Lipinski definition) is 0. The maximum atomic E-state index is 11.0. The third-order valence-corrected chi connectivity index (χ3v) is 9.43. The molecule has 1 aliphatic carbocycles. The van der Waals surface area contributed by atoms with Crippen molar-refractivity contribution in [3.8, 4) is 0 Å². The summed E-state index contributed by atoms with van der Waals surface area (Å²) in [6.45, 7) is 11.4. The van der Waals surface area contributed by atoms with Gasteiger partial charge in [-0.25, -0.2) is 0 Å². The minimum atomic E-state index is -1.80. The summed E-state index contributed by atoms with van der Waals surface area (Å²) in [7, 11) is -1.80. The van der Waals surface area contributed by atoms with Crippen molar-refractivity contribution < 1.29 is 9.22 Å². The van der Waals surface area contributed by atoms with E-state index in [9.17, 15) is 4.79 Å². The van der Waals surface area contributed by atoms with Crippen molar-refractivity contribution in [3.63, 3.8) is 0 Å². The van der Waals surface area contributed by atoms with Crippen LogP contribution < -0.4 is 0 Å². The fraction of sp³-hybridized carbons (Fsp3) is 0.588. The highest BCUT2D eigenvalue weighted by Gasteiger charge is 2.43. The Labute approximate surface area is 123 Å². The van der Waals surface area contributed by atoms with Gasteiger partial charge >= 0.3 is 0 Å². The Morgan fingerprint density at radius 1 is 1.30 bits per heavy atom. The second-order valence-electron chi connectivity index (χ2n) is 7.33. The Morgan fingerprint density at radius 3 is 2.55 bits per heavy atom. The molecule has 0 aliphatic heterocycles. The summed E-state index contributed by atoms with van der Waals surface area (Å²) in [6.07, 6.45) is 2.71. The van der Waals surface area contributed by atoms with Gasteiger partial charge in [0.2, 0.25) is 0 Å². The average Bonchev–Trinajstić information content (AvgIpc) is 2.66. The highest BCUT2D eigenvalue weighted by molar-refractivity contribution is 6.74. The van der Waals surface area contributed by atoms with Gasteiger partial charge < -0.3 is 9.22 Å². The minimum Gasteiger partial charge on any atom is -0.413 e. The number of carbonyl (C=O) groups is 1. The molecule has 1 aromatic carbocycles. The first-order chi connectivity index (χ1) is 9.26. The quantitative estimate of drug-likeness (QED) is 0.610. The van der Waals surface area contributed by atoms with E-state index in [-0.39, 0.29) is 17.1 Å². The molecule has 0 radical (unpaired) electrons. The van der Waals surface area contributed by atoms with E-state index in [0.29, 0.717) is 6.42 Å². The molecular formula is C17H26O2Si. The van der Waals surface area contributed by atoms with Crippen LogP contribution in [0.4, 0.5) is 0 Å². The lowest BCUT2D eigenvalue weighted by atomic mass is 9.97. The number of fused-ring (bicyclic) bond motifs is 1. The van der Waals surface area contributed by atoms with E-state index in [0.717, 1.165) is 12.7 Å². The SMILES string of the molecule is CC(C)(C)[Si](C)(C)O[C@@H]1Cc2ccccc2[C@@H]1CC=O. The van der Waals surface area contributed by atoms with Crippen LogP contribution in [0, 0.1) is 0 Å². The first-order valence-electron chi connectivity index (χ1n) is 7.45. The van der Waals surface area contributed by atoms with Gasteiger partial charge in [-0.15, -0.1) is 0 Å². The van der Waals surface area contributed by atoms with Gasteiger partial charge in [-0.2, -0.15) is 0 Å². The first kappa shape index (κ1) is 15.5. The summed E-state index contributed by atoms with van der Waals surface area (Å²) in [5, 5.41) is 0.202. The molecule has 0 fully saturated rings. The maximum absolute atomic E-state index is 11.0. The van der Waals surface area contributed by atoms with Crippen molar-refractivity contribution in [1.82, 2.24) is 0 Å². The van der Waals surface area contributed by atoms with Crippen LogP contribution in [-0.4, -0.2) is 20.7 Å². The van der Waals surface area contributed by atoms with Gasteiger partial charge in [-0.3, -0.25) is 0 Å². The van der Waals surface area contributed by atoms with Crippen LogP contribution in [0.1, 0.15) is 44.2 Å². The molecule has 0 saturated carbocycles. The largest absolute Gasteiger partial charge is 0.413 e. The second-order valence-corrected chi connectivity index (χ2v) is 12.1. The third-order valence-electron chi connectivity index (χ3n) is 4.93. The Balaban J connectivity index is 2.24. The van der Waals surface area contributed by atoms with Crippen molar-refractivity contribution in [3.05, 3.63) is 35.4 Å². The number of carbonyl (C=O) groups excluding carboxylic acids is 1. The maximum Gasteiger partial charge on any atom is 0.192 e. The molecule has 1 aromatic rings. The molecule has 0 aromatic heterocycles. The van der Waals surface area contributed by atoms with Crippen molar-refractivity contribution in [1.29, 1.82) is 0 Å². The first-order valence-corrected chi connectivity index (χ1v) is 10.4. The van der Waals surface area contributed by atoms with Crippen molar-refractivity contribution in [2.24, 2.45) is 0 Å². The van der Waals surface area contributed by atoms with Crippen LogP contribution in [-0.2, 0) is 15.6 Å². The van der Waals surface area contributed by atoms with Gasteiger partial charge in [0.15, 0.2) is 8.32 Å². The van der Waals surface area contributed by atoms with Crippen LogP contribution >= 0.6 is 0 Å². The second kappa shape index (κ2) is 5.45. The van der Waals surface area contributed by atoms with Gasteiger partial charge in [-0.05, 0) is 35.7 Å². The fourth-order valence-electron chi connectivity index (χ4n) is 2.70. The van der Waals surface area contributed by atoms with Crippen molar-refractivity contribution in [2.75, 3.05) is 0 Å². The molecule has 0 heterocycles. The molecule has 3 heteroatoms. The van der Waals surface area contributed by atoms with Crippen molar-refractivity contribution >= 4 is 14.6 Å². The molecule has 0 saturated heterocycles. The molecule has 0 bridgehead atoms. The molecule has 20 heavy (non-hydrogen) atoms. The van der Waals surface area contributed by atoms with Gasteiger partial charge in [0.1, 0.15) is 6.29 Å². The van der Waals surface area contributed by atoms with Crippen LogP contribution in [0.25, 0.3) is 0 Å². The summed E-state index contributed by atoms with van der Waals surface area (Å²) < 4.78 is 6.59. The normalized spacial score (nSPS) is 22.6. The van der Waals surface area contributed by atoms with Crippen molar-refractivity contribution in [2.45, 2.75) is 63.8 Å². The molecule has 2 atom stereocenters. The van der Waals surface area contributed by atoms with Crippen LogP contribution in [0.2, 0.25) is 18.1 Å². The molecule has 2 rings (SSSR count). The lowest BCUT2D eigenvalue weighted by molar-refractivity contribution is -0.108. The van der Waals surface area contributed by atoms with E-state index >= 15 is 0 Å².